The second-order valence-corrected chi connectivity index (χ2v) is 5.83. The lowest BCUT2D eigenvalue weighted by Crippen LogP contribution is -2.14. The van der Waals surface area contributed by atoms with E-state index in [2.05, 4.69) is 12.2 Å². The van der Waals surface area contributed by atoms with E-state index in [9.17, 15) is 9.59 Å². The summed E-state index contributed by atoms with van der Waals surface area (Å²) >= 11 is 1.50. The molecule has 1 atom stereocenters. The summed E-state index contributed by atoms with van der Waals surface area (Å²) < 4.78 is 4.83. The van der Waals surface area contributed by atoms with Crippen LogP contribution in [0.15, 0.2) is 0 Å². The van der Waals surface area contributed by atoms with Crippen molar-refractivity contribution in [2.24, 2.45) is 5.92 Å². The van der Waals surface area contributed by atoms with Gasteiger partial charge in [0.05, 0.1) is 12.7 Å². The van der Waals surface area contributed by atoms with Crippen molar-refractivity contribution in [1.29, 1.82) is 0 Å². The number of amides is 1. The number of methoxy groups -OCH3 is 1. The second-order valence-electron chi connectivity index (χ2n) is 4.73. The molecule has 18 heavy (non-hydrogen) atoms. The van der Waals surface area contributed by atoms with Crippen LogP contribution in [-0.2, 0) is 22.4 Å². The normalized spacial score (nSPS) is 18.1. The van der Waals surface area contributed by atoms with E-state index in [4.69, 9.17) is 4.74 Å². The summed E-state index contributed by atoms with van der Waals surface area (Å²) in [5.41, 5.74) is 1.62. The molecule has 1 amide bonds. The smallest absolute Gasteiger partial charge is 0.341 e. The lowest BCUT2D eigenvalue weighted by Gasteiger charge is -2.18. The first-order valence-corrected chi connectivity index (χ1v) is 6.85. The van der Waals surface area contributed by atoms with Gasteiger partial charge in [-0.25, -0.2) is 4.79 Å². The predicted octanol–water partition coefficient (Wildman–Crippen LogP) is 2.62. The highest BCUT2D eigenvalue weighted by molar-refractivity contribution is 7.17. The topological polar surface area (TPSA) is 55.4 Å². The third kappa shape index (κ3) is 2.41. The molecule has 2 rings (SSSR count). The zero-order valence-corrected chi connectivity index (χ0v) is 11.6. The van der Waals surface area contributed by atoms with Crippen LogP contribution in [0.5, 0.6) is 0 Å². The van der Waals surface area contributed by atoms with Crippen LogP contribution in [-0.4, -0.2) is 19.0 Å². The Morgan fingerprint density at radius 3 is 2.78 bits per heavy atom. The molecule has 0 fully saturated rings. The maximum atomic E-state index is 11.9. The number of carbonyl (C=O) groups excluding carboxylic acids is 2. The largest absolute Gasteiger partial charge is 0.465 e. The summed E-state index contributed by atoms with van der Waals surface area (Å²) in [6.07, 6.45) is 2.94. The second kappa shape index (κ2) is 5.10. The van der Waals surface area contributed by atoms with E-state index in [0.717, 1.165) is 24.8 Å². The van der Waals surface area contributed by atoms with Gasteiger partial charge in [-0.2, -0.15) is 0 Å². The number of hydrogen-bond donors (Lipinski definition) is 1. The van der Waals surface area contributed by atoms with Crippen molar-refractivity contribution in [2.75, 3.05) is 12.4 Å². The van der Waals surface area contributed by atoms with Gasteiger partial charge in [-0.1, -0.05) is 6.92 Å². The first-order valence-electron chi connectivity index (χ1n) is 6.03. The lowest BCUT2D eigenvalue weighted by molar-refractivity contribution is -0.114. The third-order valence-corrected chi connectivity index (χ3v) is 4.36. The molecule has 98 valence electrons. The third-order valence-electron chi connectivity index (χ3n) is 3.19. The van der Waals surface area contributed by atoms with Gasteiger partial charge in [0.2, 0.25) is 5.91 Å². The van der Waals surface area contributed by atoms with Crippen LogP contribution in [0, 0.1) is 5.92 Å². The quantitative estimate of drug-likeness (QED) is 0.838. The van der Waals surface area contributed by atoms with E-state index in [-0.39, 0.29) is 11.9 Å². The molecule has 1 N–H and O–H groups in total. The minimum atomic E-state index is -0.356. The van der Waals surface area contributed by atoms with Gasteiger partial charge in [0.25, 0.3) is 0 Å². The number of fused-ring (bicyclic) bond motifs is 1. The number of thiophene rings is 1. The van der Waals surface area contributed by atoms with E-state index < -0.39 is 0 Å². The highest BCUT2D eigenvalue weighted by Crippen LogP contribution is 2.39. The number of esters is 1. The van der Waals surface area contributed by atoms with E-state index in [1.165, 1.54) is 30.2 Å². The fourth-order valence-corrected chi connectivity index (χ4v) is 3.76. The molecule has 0 saturated carbocycles. The highest BCUT2D eigenvalue weighted by Gasteiger charge is 2.28. The Labute approximate surface area is 110 Å². The van der Waals surface area contributed by atoms with Crippen LogP contribution < -0.4 is 5.32 Å². The molecule has 0 radical (unpaired) electrons. The van der Waals surface area contributed by atoms with Crippen LogP contribution in [0.1, 0.15) is 41.1 Å². The number of hydrogen-bond acceptors (Lipinski definition) is 4. The number of ether oxygens (including phenoxy) is 1. The van der Waals surface area contributed by atoms with Gasteiger partial charge in [0.15, 0.2) is 0 Å². The van der Waals surface area contributed by atoms with Crippen molar-refractivity contribution in [3.8, 4) is 0 Å². The number of anilines is 1. The molecule has 0 aromatic carbocycles. The molecule has 1 aliphatic carbocycles. The zero-order valence-electron chi connectivity index (χ0n) is 10.8. The molecular formula is C13H17NO3S. The Balaban J connectivity index is 2.45. The Morgan fingerprint density at radius 2 is 2.17 bits per heavy atom. The number of nitrogens with one attached hydrogen (secondary N) is 1. The van der Waals surface area contributed by atoms with Crippen molar-refractivity contribution in [1.82, 2.24) is 0 Å². The molecule has 0 aliphatic heterocycles. The summed E-state index contributed by atoms with van der Waals surface area (Å²) in [5.74, 6) is 0.115. The lowest BCUT2D eigenvalue weighted by atomic mass is 9.88. The molecule has 0 bridgehead atoms. The van der Waals surface area contributed by atoms with Crippen molar-refractivity contribution < 1.29 is 14.3 Å². The number of rotatable bonds is 2. The fraction of sp³-hybridized carbons (Fsp3) is 0.538. The average Bonchev–Trinajstić information content (AvgIpc) is 2.64. The number of carbonyl (C=O) groups is 2. The SMILES string of the molecule is COC(=O)c1c(NC(C)=O)sc2c1CC[C@@H](C)C2. The summed E-state index contributed by atoms with van der Waals surface area (Å²) in [7, 11) is 1.37. The van der Waals surface area contributed by atoms with Gasteiger partial charge in [0.1, 0.15) is 5.00 Å². The Hall–Kier alpha value is -1.36. The molecular weight excluding hydrogens is 250 g/mol. The van der Waals surface area contributed by atoms with E-state index in [0.29, 0.717) is 16.5 Å². The standard InChI is InChI=1S/C13H17NO3S/c1-7-4-5-9-10(6-7)18-12(14-8(2)15)11(9)13(16)17-3/h7H,4-6H2,1-3H3,(H,14,15)/t7-/m1/s1. The van der Waals surface area contributed by atoms with E-state index >= 15 is 0 Å². The Bertz CT molecular complexity index is 493. The van der Waals surface area contributed by atoms with Crippen molar-refractivity contribution in [3.63, 3.8) is 0 Å². The molecule has 0 saturated heterocycles. The minimum absolute atomic E-state index is 0.160. The fourth-order valence-electron chi connectivity index (χ4n) is 2.32. The maximum Gasteiger partial charge on any atom is 0.341 e. The van der Waals surface area contributed by atoms with Crippen LogP contribution in [0.4, 0.5) is 5.00 Å². The molecule has 4 nitrogen and oxygen atoms in total. The maximum absolute atomic E-state index is 11.9. The molecule has 5 heteroatoms. The van der Waals surface area contributed by atoms with E-state index in [1.807, 2.05) is 0 Å². The van der Waals surface area contributed by atoms with Gasteiger partial charge < -0.3 is 10.1 Å². The van der Waals surface area contributed by atoms with Crippen molar-refractivity contribution in [3.05, 3.63) is 16.0 Å². The molecule has 1 heterocycles. The molecule has 1 aromatic heterocycles. The first kappa shape index (κ1) is 13.1. The van der Waals surface area contributed by atoms with Gasteiger partial charge >= 0.3 is 5.97 Å². The van der Waals surface area contributed by atoms with Crippen LogP contribution >= 0.6 is 11.3 Å². The highest BCUT2D eigenvalue weighted by atomic mass is 32.1. The summed E-state index contributed by atoms with van der Waals surface area (Å²) in [5, 5.41) is 3.37. The Kier molecular flexibility index (Phi) is 3.71. The van der Waals surface area contributed by atoms with Gasteiger partial charge in [0, 0.05) is 11.8 Å². The zero-order chi connectivity index (χ0) is 13.3. The van der Waals surface area contributed by atoms with Crippen molar-refractivity contribution >= 4 is 28.2 Å². The van der Waals surface area contributed by atoms with Crippen LogP contribution in [0.2, 0.25) is 0 Å². The summed E-state index contributed by atoms with van der Waals surface area (Å²) in [6, 6.07) is 0. The summed E-state index contributed by atoms with van der Waals surface area (Å²) in [4.78, 5) is 24.3. The molecule has 1 aliphatic rings. The summed E-state index contributed by atoms with van der Waals surface area (Å²) in [6.45, 7) is 3.65. The molecule has 0 unspecified atom stereocenters. The first-order chi connectivity index (χ1) is 8.52. The van der Waals surface area contributed by atoms with Gasteiger partial charge in [-0.05, 0) is 30.7 Å². The molecule has 0 spiro atoms. The monoisotopic (exact) mass is 267 g/mol. The van der Waals surface area contributed by atoms with Gasteiger partial charge in [-0.3, -0.25) is 4.79 Å². The van der Waals surface area contributed by atoms with Crippen molar-refractivity contribution in [2.45, 2.75) is 33.1 Å². The van der Waals surface area contributed by atoms with Gasteiger partial charge in [-0.15, -0.1) is 11.3 Å². The van der Waals surface area contributed by atoms with E-state index in [1.54, 1.807) is 0 Å². The molecule has 1 aromatic rings. The van der Waals surface area contributed by atoms with Crippen LogP contribution in [0.3, 0.4) is 0 Å². The predicted molar refractivity (Wildman–Crippen MR) is 71.2 cm³/mol. The Morgan fingerprint density at radius 1 is 1.44 bits per heavy atom. The average molecular weight is 267 g/mol. The minimum Gasteiger partial charge on any atom is -0.465 e. The van der Waals surface area contributed by atoms with Crippen LogP contribution in [0.25, 0.3) is 0 Å².